The Morgan fingerprint density at radius 2 is 1.75 bits per heavy atom. The van der Waals surface area contributed by atoms with Crippen molar-refractivity contribution in [3.05, 3.63) is 53.7 Å². The molecule has 104 valence electrons. The van der Waals surface area contributed by atoms with Gasteiger partial charge in [0.1, 0.15) is 5.75 Å². The second kappa shape index (κ2) is 5.32. The van der Waals surface area contributed by atoms with Crippen LogP contribution in [-0.4, -0.2) is 10.8 Å². The van der Waals surface area contributed by atoms with E-state index >= 15 is 0 Å². The number of pyridine rings is 1. The molecule has 0 aliphatic rings. The summed E-state index contributed by atoms with van der Waals surface area (Å²) in [6.45, 7) is 1.41. The zero-order chi connectivity index (χ0) is 14.8. The Bertz CT molecular complexity index is 604. The average Bonchev–Trinajstić information content (AvgIpc) is 2.39. The van der Waals surface area contributed by atoms with Gasteiger partial charge in [-0.25, -0.2) is 4.98 Å². The molecule has 3 nitrogen and oxygen atoms in total. The molecule has 0 atom stereocenters. The molecule has 0 unspecified atom stereocenters. The molecule has 0 aliphatic heterocycles. The SMILES string of the molecule is CC(=O)c1ccc(Oc2ccc(C(F)(F)F)cc2)nc1. The summed E-state index contributed by atoms with van der Waals surface area (Å²) >= 11 is 0. The fraction of sp³-hybridized carbons (Fsp3) is 0.143. The maximum atomic E-state index is 12.4. The Morgan fingerprint density at radius 3 is 2.20 bits per heavy atom. The van der Waals surface area contributed by atoms with Crippen molar-refractivity contribution >= 4 is 5.78 Å². The fourth-order valence-corrected chi connectivity index (χ4v) is 1.48. The fourth-order valence-electron chi connectivity index (χ4n) is 1.48. The zero-order valence-electron chi connectivity index (χ0n) is 10.4. The number of hydrogen-bond donors (Lipinski definition) is 0. The molecule has 6 heteroatoms. The lowest BCUT2D eigenvalue weighted by atomic mass is 10.2. The monoisotopic (exact) mass is 281 g/mol. The minimum atomic E-state index is -4.38. The third-order valence-corrected chi connectivity index (χ3v) is 2.55. The van der Waals surface area contributed by atoms with Crippen molar-refractivity contribution in [1.82, 2.24) is 4.98 Å². The lowest BCUT2D eigenvalue weighted by molar-refractivity contribution is -0.137. The van der Waals surface area contributed by atoms with Crippen molar-refractivity contribution < 1.29 is 22.7 Å². The minimum Gasteiger partial charge on any atom is -0.439 e. The van der Waals surface area contributed by atoms with Gasteiger partial charge >= 0.3 is 6.18 Å². The summed E-state index contributed by atoms with van der Waals surface area (Å²) < 4.78 is 42.4. The first-order chi connectivity index (χ1) is 9.36. The van der Waals surface area contributed by atoms with Crippen molar-refractivity contribution in [2.45, 2.75) is 13.1 Å². The van der Waals surface area contributed by atoms with Gasteiger partial charge in [-0.15, -0.1) is 0 Å². The first-order valence-corrected chi connectivity index (χ1v) is 5.68. The Labute approximate surface area is 113 Å². The molecule has 20 heavy (non-hydrogen) atoms. The average molecular weight is 281 g/mol. The van der Waals surface area contributed by atoms with Crippen molar-refractivity contribution in [3.63, 3.8) is 0 Å². The highest BCUT2D eigenvalue weighted by Gasteiger charge is 2.30. The van der Waals surface area contributed by atoms with Crippen LogP contribution >= 0.6 is 0 Å². The van der Waals surface area contributed by atoms with Crippen LogP contribution in [0.5, 0.6) is 11.6 Å². The highest BCUT2D eigenvalue weighted by atomic mass is 19.4. The van der Waals surface area contributed by atoms with Crippen LogP contribution in [-0.2, 0) is 6.18 Å². The van der Waals surface area contributed by atoms with Crippen molar-refractivity contribution in [2.75, 3.05) is 0 Å². The molecule has 0 amide bonds. The molecule has 0 fully saturated rings. The van der Waals surface area contributed by atoms with Gasteiger partial charge in [0.25, 0.3) is 0 Å². The number of rotatable bonds is 3. The van der Waals surface area contributed by atoms with Crippen LogP contribution in [0.15, 0.2) is 42.6 Å². The van der Waals surface area contributed by atoms with Gasteiger partial charge in [0, 0.05) is 17.8 Å². The summed E-state index contributed by atoms with van der Waals surface area (Å²) in [6.07, 6.45) is -3.03. The number of aromatic nitrogens is 1. The molecule has 0 N–H and O–H groups in total. The first-order valence-electron chi connectivity index (χ1n) is 5.68. The molecule has 0 saturated heterocycles. The van der Waals surface area contributed by atoms with Gasteiger partial charge in [0.05, 0.1) is 5.56 Å². The van der Waals surface area contributed by atoms with E-state index in [0.717, 1.165) is 12.1 Å². The molecule has 1 aromatic heterocycles. The summed E-state index contributed by atoms with van der Waals surface area (Å²) in [7, 11) is 0. The van der Waals surface area contributed by atoms with Crippen molar-refractivity contribution in [2.24, 2.45) is 0 Å². The number of nitrogens with zero attached hydrogens (tertiary/aromatic N) is 1. The van der Waals surface area contributed by atoms with Crippen LogP contribution in [0.3, 0.4) is 0 Å². The van der Waals surface area contributed by atoms with Gasteiger partial charge in [-0.05, 0) is 37.3 Å². The van der Waals surface area contributed by atoms with E-state index in [1.165, 1.54) is 37.4 Å². The van der Waals surface area contributed by atoms with E-state index in [2.05, 4.69) is 4.98 Å². The second-order valence-corrected chi connectivity index (χ2v) is 4.07. The van der Waals surface area contributed by atoms with Gasteiger partial charge in [0.2, 0.25) is 5.88 Å². The lowest BCUT2D eigenvalue weighted by Gasteiger charge is -2.08. The molecular formula is C14H10F3NO2. The number of ketones is 1. The van der Waals surface area contributed by atoms with E-state index in [9.17, 15) is 18.0 Å². The Balaban J connectivity index is 2.12. The third-order valence-electron chi connectivity index (χ3n) is 2.55. The molecule has 0 saturated carbocycles. The van der Waals surface area contributed by atoms with Crippen LogP contribution < -0.4 is 4.74 Å². The highest BCUT2D eigenvalue weighted by molar-refractivity contribution is 5.93. The van der Waals surface area contributed by atoms with E-state index in [1.807, 2.05) is 0 Å². The third kappa shape index (κ3) is 3.34. The van der Waals surface area contributed by atoms with Crippen LogP contribution in [0.25, 0.3) is 0 Å². The number of benzene rings is 1. The highest BCUT2D eigenvalue weighted by Crippen LogP contribution is 2.31. The van der Waals surface area contributed by atoms with E-state index in [0.29, 0.717) is 5.56 Å². The number of alkyl halides is 3. The first kappa shape index (κ1) is 14.0. The van der Waals surface area contributed by atoms with Gasteiger partial charge in [0.15, 0.2) is 5.78 Å². The Hall–Kier alpha value is -2.37. The van der Waals surface area contributed by atoms with Crippen LogP contribution in [0.1, 0.15) is 22.8 Å². The van der Waals surface area contributed by atoms with Gasteiger partial charge < -0.3 is 4.74 Å². The normalized spacial score (nSPS) is 11.2. The maximum absolute atomic E-state index is 12.4. The molecule has 2 aromatic rings. The van der Waals surface area contributed by atoms with Crippen molar-refractivity contribution in [1.29, 1.82) is 0 Å². The number of Topliss-reactive ketones (excluding diaryl/α,β-unsaturated/α-hetero) is 1. The second-order valence-electron chi connectivity index (χ2n) is 4.07. The Kier molecular flexibility index (Phi) is 3.74. The van der Waals surface area contributed by atoms with Crippen LogP contribution in [0.4, 0.5) is 13.2 Å². The summed E-state index contributed by atoms with van der Waals surface area (Å²) in [4.78, 5) is 15.0. The smallest absolute Gasteiger partial charge is 0.416 e. The summed E-state index contributed by atoms with van der Waals surface area (Å²) in [6, 6.07) is 7.30. The van der Waals surface area contributed by atoms with Gasteiger partial charge in [-0.2, -0.15) is 13.2 Å². The molecule has 0 bridgehead atoms. The Morgan fingerprint density at radius 1 is 1.10 bits per heavy atom. The number of hydrogen-bond acceptors (Lipinski definition) is 3. The standard InChI is InChI=1S/C14H10F3NO2/c1-9(19)10-2-7-13(18-8-10)20-12-5-3-11(4-6-12)14(15,16)17/h2-8H,1H3. The topological polar surface area (TPSA) is 39.2 Å². The predicted octanol–water partition coefficient (Wildman–Crippen LogP) is 4.10. The molecule has 0 spiro atoms. The molecule has 1 heterocycles. The number of carbonyl (C=O) groups is 1. The van der Waals surface area contributed by atoms with E-state index < -0.39 is 11.7 Å². The van der Waals surface area contributed by atoms with E-state index in [1.54, 1.807) is 0 Å². The van der Waals surface area contributed by atoms with Crippen molar-refractivity contribution in [3.8, 4) is 11.6 Å². The quantitative estimate of drug-likeness (QED) is 0.795. The molecule has 2 rings (SSSR count). The van der Waals surface area contributed by atoms with Crippen LogP contribution in [0, 0.1) is 0 Å². The van der Waals surface area contributed by atoms with E-state index in [-0.39, 0.29) is 17.4 Å². The molecule has 0 aliphatic carbocycles. The molecule has 1 aromatic carbocycles. The van der Waals surface area contributed by atoms with Crippen LogP contribution in [0.2, 0.25) is 0 Å². The zero-order valence-corrected chi connectivity index (χ0v) is 10.4. The molecule has 0 radical (unpaired) electrons. The summed E-state index contributed by atoms with van der Waals surface area (Å²) in [5, 5.41) is 0. The molecular weight excluding hydrogens is 271 g/mol. The van der Waals surface area contributed by atoms with Gasteiger partial charge in [-0.3, -0.25) is 4.79 Å². The summed E-state index contributed by atoms with van der Waals surface area (Å²) in [5.74, 6) is 0.314. The predicted molar refractivity (Wildman–Crippen MR) is 65.8 cm³/mol. The van der Waals surface area contributed by atoms with Gasteiger partial charge in [-0.1, -0.05) is 0 Å². The maximum Gasteiger partial charge on any atom is 0.416 e. The largest absolute Gasteiger partial charge is 0.439 e. The summed E-state index contributed by atoms with van der Waals surface area (Å²) in [5.41, 5.74) is -0.311. The number of carbonyl (C=O) groups excluding carboxylic acids is 1. The minimum absolute atomic E-state index is 0.126. The number of ether oxygens (including phenoxy) is 1. The lowest BCUT2D eigenvalue weighted by Crippen LogP contribution is -2.04. The number of halogens is 3. The van der Waals surface area contributed by atoms with E-state index in [4.69, 9.17) is 4.74 Å².